The molecule has 39 heavy (non-hydrogen) atoms. The van der Waals surface area contributed by atoms with Gasteiger partial charge in [-0.2, -0.15) is 0 Å². The molecule has 0 spiro atoms. The van der Waals surface area contributed by atoms with E-state index >= 15 is 0 Å². The van der Waals surface area contributed by atoms with Crippen molar-refractivity contribution in [1.82, 2.24) is 0 Å². The highest BCUT2D eigenvalue weighted by Gasteiger charge is 2.26. The van der Waals surface area contributed by atoms with E-state index in [1.807, 2.05) is 0 Å². The van der Waals surface area contributed by atoms with Crippen molar-refractivity contribution in [2.45, 2.75) is 148 Å². The summed E-state index contributed by atoms with van der Waals surface area (Å²) in [5, 5.41) is 27.1. The van der Waals surface area contributed by atoms with Crippen molar-refractivity contribution in [3.05, 3.63) is 12.2 Å². The fourth-order valence-electron chi connectivity index (χ4n) is 5.36. The number of allylic oxidation sites excluding steroid dienone is 2. The summed E-state index contributed by atoms with van der Waals surface area (Å²) < 4.78 is 0.854. The van der Waals surface area contributed by atoms with Gasteiger partial charge in [-0.1, -0.05) is 64.0 Å². The minimum absolute atomic E-state index is 0.170. The van der Waals surface area contributed by atoms with E-state index in [1.54, 1.807) is 0 Å². The Morgan fingerprint density at radius 3 is 1.13 bits per heavy atom. The standard InChI is InChI=1S/C32H59NO6/c1-2-3-4-5-6-7-8-9-10-11-12-13-14-15-19-26-33(27-20-16-23-30(34)35,28-21-17-24-31(36)37)29-22-18-25-32(38)39/h11-12H,2-10,13-29H2,1H3,(H2-,34,35,36,37,38,39)/p+1/b12-11+. The largest absolute Gasteiger partial charge is 0.481 e. The van der Waals surface area contributed by atoms with E-state index < -0.39 is 17.9 Å². The van der Waals surface area contributed by atoms with Gasteiger partial charge in [0.15, 0.2) is 0 Å². The van der Waals surface area contributed by atoms with Gasteiger partial charge in [0.05, 0.1) is 26.2 Å². The molecule has 3 N–H and O–H groups in total. The van der Waals surface area contributed by atoms with Crippen LogP contribution in [0, 0.1) is 0 Å². The van der Waals surface area contributed by atoms with Gasteiger partial charge in [-0.15, -0.1) is 0 Å². The summed E-state index contributed by atoms with van der Waals surface area (Å²) in [4.78, 5) is 32.9. The van der Waals surface area contributed by atoms with Crippen LogP contribution in [0.4, 0.5) is 0 Å². The Balaban J connectivity index is 4.55. The van der Waals surface area contributed by atoms with Crippen LogP contribution in [0.15, 0.2) is 12.2 Å². The number of unbranched alkanes of at least 4 members (excludes halogenated alkanes) is 14. The zero-order valence-corrected chi connectivity index (χ0v) is 25.1. The number of carboxylic acids is 3. The minimum atomic E-state index is -0.772. The first-order valence-corrected chi connectivity index (χ1v) is 16.0. The third kappa shape index (κ3) is 26.1. The Morgan fingerprint density at radius 2 is 0.769 bits per heavy atom. The summed E-state index contributed by atoms with van der Waals surface area (Å²) in [5.41, 5.74) is 0. The van der Waals surface area contributed by atoms with Crippen LogP contribution in [-0.2, 0) is 14.4 Å². The molecule has 0 amide bonds. The smallest absolute Gasteiger partial charge is 0.303 e. The lowest BCUT2D eigenvalue weighted by molar-refractivity contribution is -0.929. The summed E-state index contributed by atoms with van der Waals surface area (Å²) in [6.45, 7) is 5.90. The number of quaternary nitrogens is 1. The highest BCUT2D eigenvalue weighted by Crippen LogP contribution is 2.19. The van der Waals surface area contributed by atoms with Crippen LogP contribution >= 0.6 is 0 Å². The summed E-state index contributed by atoms with van der Waals surface area (Å²) in [6, 6.07) is 0. The Bertz CT molecular complexity index is 594. The van der Waals surface area contributed by atoms with Gasteiger partial charge in [0.2, 0.25) is 0 Å². The average molecular weight is 555 g/mol. The molecule has 0 saturated heterocycles. The minimum Gasteiger partial charge on any atom is -0.481 e. The lowest BCUT2D eigenvalue weighted by Crippen LogP contribution is -2.51. The monoisotopic (exact) mass is 554 g/mol. The lowest BCUT2D eigenvalue weighted by atomic mass is 10.1. The molecule has 0 aromatic rings. The van der Waals surface area contributed by atoms with Gasteiger partial charge >= 0.3 is 17.9 Å². The molecule has 0 aromatic heterocycles. The van der Waals surface area contributed by atoms with Crippen molar-refractivity contribution in [2.75, 3.05) is 26.2 Å². The predicted octanol–water partition coefficient (Wildman–Crippen LogP) is 8.22. The van der Waals surface area contributed by atoms with Gasteiger partial charge < -0.3 is 19.8 Å². The molecule has 0 radical (unpaired) electrons. The van der Waals surface area contributed by atoms with Crippen LogP contribution in [0.3, 0.4) is 0 Å². The fourth-order valence-corrected chi connectivity index (χ4v) is 5.36. The average Bonchev–Trinajstić information content (AvgIpc) is 2.89. The second kappa shape index (κ2) is 26.3. The normalized spacial score (nSPS) is 11.8. The van der Waals surface area contributed by atoms with Gasteiger partial charge in [-0.05, 0) is 77.0 Å². The quantitative estimate of drug-likeness (QED) is 0.0468. The molecule has 0 atom stereocenters. The van der Waals surface area contributed by atoms with E-state index in [1.165, 1.54) is 57.8 Å². The third-order valence-corrected chi connectivity index (χ3v) is 7.71. The molecular formula is C32H60NO6+. The molecule has 0 bridgehead atoms. The van der Waals surface area contributed by atoms with Crippen LogP contribution in [0.5, 0.6) is 0 Å². The molecule has 0 heterocycles. The molecule has 0 saturated carbocycles. The van der Waals surface area contributed by atoms with E-state index in [0.29, 0.717) is 19.3 Å². The predicted molar refractivity (Wildman–Crippen MR) is 159 cm³/mol. The molecule has 0 unspecified atom stereocenters. The number of carboxylic acid groups (broad SMARTS) is 3. The molecule has 228 valence electrons. The fraction of sp³-hybridized carbons (Fsp3) is 0.844. The van der Waals surface area contributed by atoms with Gasteiger partial charge in [0.25, 0.3) is 0 Å². The van der Waals surface area contributed by atoms with Crippen molar-refractivity contribution >= 4 is 17.9 Å². The molecule has 0 aliphatic rings. The first kappa shape index (κ1) is 37.1. The molecule has 7 heteroatoms. The van der Waals surface area contributed by atoms with Crippen molar-refractivity contribution in [1.29, 1.82) is 0 Å². The van der Waals surface area contributed by atoms with Crippen LogP contribution in [-0.4, -0.2) is 63.9 Å². The second-order valence-electron chi connectivity index (χ2n) is 11.4. The van der Waals surface area contributed by atoms with E-state index in [0.717, 1.165) is 75.6 Å². The van der Waals surface area contributed by atoms with E-state index in [4.69, 9.17) is 15.3 Å². The van der Waals surface area contributed by atoms with Gasteiger partial charge in [-0.25, -0.2) is 0 Å². The molecule has 0 fully saturated rings. The highest BCUT2D eigenvalue weighted by atomic mass is 16.4. The number of aliphatic carboxylic acids is 3. The van der Waals surface area contributed by atoms with Crippen molar-refractivity contribution in [3.63, 3.8) is 0 Å². The van der Waals surface area contributed by atoms with Crippen molar-refractivity contribution in [2.24, 2.45) is 0 Å². The van der Waals surface area contributed by atoms with Crippen LogP contribution < -0.4 is 0 Å². The number of hydrogen-bond acceptors (Lipinski definition) is 3. The molecular weight excluding hydrogens is 494 g/mol. The zero-order valence-electron chi connectivity index (χ0n) is 25.1. The maximum absolute atomic E-state index is 11.0. The number of carbonyl (C=O) groups is 3. The van der Waals surface area contributed by atoms with Gasteiger partial charge in [-0.3, -0.25) is 14.4 Å². The maximum Gasteiger partial charge on any atom is 0.303 e. The summed E-state index contributed by atoms with van der Waals surface area (Å²) in [6.07, 6.45) is 26.1. The molecule has 7 nitrogen and oxygen atoms in total. The Kier molecular flexibility index (Phi) is 25.1. The van der Waals surface area contributed by atoms with E-state index in [9.17, 15) is 14.4 Å². The Morgan fingerprint density at radius 1 is 0.462 bits per heavy atom. The summed E-state index contributed by atoms with van der Waals surface area (Å²) in [5.74, 6) is -2.32. The topological polar surface area (TPSA) is 112 Å². The Labute approximate surface area is 238 Å². The van der Waals surface area contributed by atoms with Crippen LogP contribution in [0.1, 0.15) is 148 Å². The number of rotatable bonds is 30. The van der Waals surface area contributed by atoms with Gasteiger partial charge in [0.1, 0.15) is 0 Å². The third-order valence-electron chi connectivity index (χ3n) is 7.71. The first-order valence-electron chi connectivity index (χ1n) is 16.0. The Hall–Kier alpha value is -1.89. The van der Waals surface area contributed by atoms with Crippen molar-refractivity contribution < 1.29 is 34.2 Å². The maximum atomic E-state index is 11.0. The van der Waals surface area contributed by atoms with Crippen LogP contribution in [0.25, 0.3) is 0 Å². The van der Waals surface area contributed by atoms with E-state index in [-0.39, 0.29) is 19.3 Å². The van der Waals surface area contributed by atoms with E-state index in [2.05, 4.69) is 19.1 Å². The number of hydrogen-bond donors (Lipinski definition) is 3. The molecule has 0 aliphatic carbocycles. The number of nitrogens with zero attached hydrogens (tertiary/aromatic N) is 1. The summed E-state index contributed by atoms with van der Waals surface area (Å²) in [7, 11) is 0. The molecule has 0 aliphatic heterocycles. The van der Waals surface area contributed by atoms with Gasteiger partial charge in [0, 0.05) is 19.3 Å². The van der Waals surface area contributed by atoms with Crippen LogP contribution in [0.2, 0.25) is 0 Å². The SMILES string of the molecule is CCCCCCCCCC/C=C/CCCCC[N+](CCCCC(=O)O)(CCCCC(=O)O)CCCCC(=O)O. The zero-order chi connectivity index (χ0) is 29.0. The first-order chi connectivity index (χ1) is 18.8. The lowest BCUT2D eigenvalue weighted by Gasteiger charge is -2.39. The summed E-state index contributed by atoms with van der Waals surface area (Å²) >= 11 is 0. The molecule has 0 rings (SSSR count). The second-order valence-corrected chi connectivity index (χ2v) is 11.4. The highest BCUT2D eigenvalue weighted by molar-refractivity contribution is 5.67. The van der Waals surface area contributed by atoms with Crippen molar-refractivity contribution in [3.8, 4) is 0 Å². The molecule has 0 aromatic carbocycles.